The topological polar surface area (TPSA) is 66.0 Å². The summed E-state index contributed by atoms with van der Waals surface area (Å²) in [7, 11) is 1.71. The molecule has 1 aliphatic heterocycles. The van der Waals surface area contributed by atoms with Crippen LogP contribution in [0, 0.1) is 0 Å². The predicted molar refractivity (Wildman–Crippen MR) is 183 cm³/mol. The minimum absolute atomic E-state index is 0.132. The maximum Gasteiger partial charge on any atom is 0.433 e. The standard InChI is InChI=1S/C37H36BrF3N4O3/c1-43(25-29-7-13-31(38)14-8-29)36(47)33(23-27-5-3-2-4-6-27)45(26-30-9-15-32(16-10-30)44-19-21-48-22-20-44)35(46)18-12-28-11-17-34(42-24-28)37(39,40)41/h2-18,24,33H,19-23,25-26H2,1H3. The molecule has 1 fully saturated rings. The van der Waals surface area contributed by atoms with Gasteiger partial charge in [0.05, 0.1) is 13.2 Å². The molecule has 0 aliphatic carbocycles. The second-order valence-corrected chi connectivity index (χ2v) is 12.5. The van der Waals surface area contributed by atoms with Crippen LogP contribution in [0.3, 0.4) is 0 Å². The molecule has 0 radical (unpaired) electrons. The van der Waals surface area contributed by atoms with Crippen molar-refractivity contribution in [3.63, 3.8) is 0 Å². The van der Waals surface area contributed by atoms with E-state index < -0.39 is 23.8 Å². The Kier molecular flexibility index (Phi) is 11.7. The van der Waals surface area contributed by atoms with Gasteiger partial charge in [-0.1, -0.05) is 76.6 Å². The lowest BCUT2D eigenvalue weighted by molar-refractivity contribution is -0.143. The van der Waals surface area contributed by atoms with Crippen LogP contribution in [0.15, 0.2) is 108 Å². The van der Waals surface area contributed by atoms with E-state index in [0.29, 0.717) is 25.3 Å². The molecule has 250 valence electrons. The Labute approximate surface area is 286 Å². The van der Waals surface area contributed by atoms with Crippen molar-refractivity contribution in [3.8, 4) is 0 Å². The second kappa shape index (κ2) is 16.1. The van der Waals surface area contributed by atoms with Crippen molar-refractivity contribution in [3.05, 3.63) is 136 Å². The molecule has 1 aromatic heterocycles. The third-order valence-corrected chi connectivity index (χ3v) is 8.61. The lowest BCUT2D eigenvalue weighted by atomic mass is 10.0. The Bertz CT molecular complexity index is 1680. The summed E-state index contributed by atoms with van der Waals surface area (Å²) < 4.78 is 45.6. The van der Waals surface area contributed by atoms with Crippen LogP contribution in [-0.2, 0) is 40.0 Å². The number of anilines is 1. The number of carbonyl (C=O) groups is 2. The molecule has 3 aromatic carbocycles. The van der Waals surface area contributed by atoms with Gasteiger partial charge in [-0.25, -0.2) is 0 Å². The van der Waals surface area contributed by atoms with Crippen molar-refractivity contribution in [1.29, 1.82) is 0 Å². The molecule has 1 unspecified atom stereocenters. The van der Waals surface area contributed by atoms with Crippen LogP contribution in [0.25, 0.3) is 6.08 Å². The molecular weight excluding hydrogens is 685 g/mol. The Morgan fingerprint density at radius 3 is 2.17 bits per heavy atom. The number of carbonyl (C=O) groups excluding carboxylic acids is 2. The average Bonchev–Trinajstić information content (AvgIpc) is 3.10. The number of alkyl halides is 3. The van der Waals surface area contributed by atoms with E-state index in [9.17, 15) is 22.8 Å². The minimum atomic E-state index is -4.57. The number of aromatic nitrogens is 1. The van der Waals surface area contributed by atoms with Crippen molar-refractivity contribution < 1.29 is 27.5 Å². The lowest BCUT2D eigenvalue weighted by Crippen LogP contribution is -2.50. The highest BCUT2D eigenvalue weighted by molar-refractivity contribution is 9.10. The Hall–Kier alpha value is -4.48. The fourth-order valence-electron chi connectivity index (χ4n) is 5.47. The zero-order valence-electron chi connectivity index (χ0n) is 26.4. The van der Waals surface area contributed by atoms with Gasteiger partial charge in [0.25, 0.3) is 0 Å². The maximum absolute atomic E-state index is 14.3. The quantitative estimate of drug-likeness (QED) is 0.156. The van der Waals surface area contributed by atoms with E-state index in [-0.39, 0.29) is 18.9 Å². The first-order chi connectivity index (χ1) is 23.1. The van der Waals surface area contributed by atoms with Gasteiger partial charge in [0, 0.05) is 62.1 Å². The largest absolute Gasteiger partial charge is 0.433 e. The highest BCUT2D eigenvalue weighted by Gasteiger charge is 2.33. The number of hydrogen-bond donors (Lipinski definition) is 0. The summed E-state index contributed by atoms with van der Waals surface area (Å²) in [6, 6.07) is 26.3. The van der Waals surface area contributed by atoms with Crippen LogP contribution >= 0.6 is 15.9 Å². The molecule has 1 saturated heterocycles. The van der Waals surface area contributed by atoms with Gasteiger partial charge in [-0.2, -0.15) is 13.2 Å². The second-order valence-electron chi connectivity index (χ2n) is 11.6. The molecule has 11 heteroatoms. The van der Waals surface area contributed by atoms with E-state index in [2.05, 4.69) is 25.8 Å². The lowest BCUT2D eigenvalue weighted by Gasteiger charge is -2.34. The van der Waals surface area contributed by atoms with Gasteiger partial charge >= 0.3 is 6.18 Å². The summed E-state index contributed by atoms with van der Waals surface area (Å²) >= 11 is 3.44. The van der Waals surface area contributed by atoms with E-state index in [1.807, 2.05) is 78.9 Å². The number of morpholine rings is 1. The smallest absolute Gasteiger partial charge is 0.378 e. The maximum atomic E-state index is 14.3. The number of ether oxygens (including phenoxy) is 1. The molecule has 0 spiro atoms. The number of likely N-dealkylation sites (N-methyl/N-ethyl adjacent to an activating group) is 1. The van der Waals surface area contributed by atoms with Gasteiger partial charge in [-0.15, -0.1) is 0 Å². The van der Waals surface area contributed by atoms with E-state index in [0.717, 1.165) is 52.2 Å². The van der Waals surface area contributed by atoms with Crippen LogP contribution in [0.5, 0.6) is 0 Å². The minimum Gasteiger partial charge on any atom is -0.378 e. The normalized spacial score (nSPS) is 14.1. The number of hydrogen-bond acceptors (Lipinski definition) is 5. The molecule has 0 N–H and O–H groups in total. The Morgan fingerprint density at radius 2 is 1.54 bits per heavy atom. The summed E-state index contributed by atoms with van der Waals surface area (Å²) in [6.07, 6.45) is -0.539. The molecule has 48 heavy (non-hydrogen) atoms. The number of pyridine rings is 1. The Morgan fingerprint density at radius 1 is 0.896 bits per heavy atom. The van der Waals surface area contributed by atoms with E-state index >= 15 is 0 Å². The van der Waals surface area contributed by atoms with Gasteiger partial charge in [-0.3, -0.25) is 14.6 Å². The fourth-order valence-corrected chi connectivity index (χ4v) is 5.74. The average molecular weight is 722 g/mol. The van der Waals surface area contributed by atoms with Gasteiger partial charge in [0.1, 0.15) is 11.7 Å². The van der Waals surface area contributed by atoms with Crippen LogP contribution in [0.2, 0.25) is 0 Å². The van der Waals surface area contributed by atoms with E-state index in [1.165, 1.54) is 23.1 Å². The van der Waals surface area contributed by atoms with Gasteiger partial charge in [-0.05, 0) is 58.7 Å². The molecule has 1 aliphatic rings. The summed E-state index contributed by atoms with van der Waals surface area (Å²) in [6.45, 7) is 3.34. The summed E-state index contributed by atoms with van der Waals surface area (Å²) in [4.78, 5) is 37.2. The van der Waals surface area contributed by atoms with Gasteiger partial charge < -0.3 is 19.4 Å². The molecule has 2 amide bonds. The zero-order chi connectivity index (χ0) is 34.1. The predicted octanol–water partition coefficient (Wildman–Crippen LogP) is 7.01. The molecule has 0 bridgehead atoms. The van der Waals surface area contributed by atoms with Crippen LogP contribution < -0.4 is 4.90 Å². The van der Waals surface area contributed by atoms with Crippen molar-refractivity contribution in [2.75, 3.05) is 38.3 Å². The first-order valence-corrected chi connectivity index (χ1v) is 16.3. The van der Waals surface area contributed by atoms with Gasteiger partial charge in [0.2, 0.25) is 11.8 Å². The molecule has 1 atom stereocenters. The molecular formula is C37H36BrF3N4O3. The van der Waals surface area contributed by atoms with Crippen molar-refractivity contribution in [1.82, 2.24) is 14.8 Å². The van der Waals surface area contributed by atoms with Crippen molar-refractivity contribution in [2.24, 2.45) is 0 Å². The summed E-state index contributed by atoms with van der Waals surface area (Å²) in [5.74, 6) is -0.705. The fraction of sp³-hybridized carbons (Fsp3) is 0.270. The van der Waals surface area contributed by atoms with Crippen LogP contribution in [0.1, 0.15) is 27.9 Å². The van der Waals surface area contributed by atoms with E-state index in [1.54, 1.807) is 11.9 Å². The Balaban J connectivity index is 1.46. The zero-order valence-corrected chi connectivity index (χ0v) is 28.0. The summed E-state index contributed by atoms with van der Waals surface area (Å²) in [5, 5.41) is 0. The number of amides is 2. The number of nitrogens with zero attached hydrogens (tertiary/aromatic N) is 4. The van der Waals surface area contributed by atoms with Crippen molar-refractivity contribution >= 4 is 39.5 Å². The number of benzene rings is 3. The SMILES string of the molecule is CN(Cc1ccc(Br)cc1)C(=O)C(Cc1ccccc1)N(Cc1ccc(N2CCOCC2)cc1)C(=O)C=Cc1ccc(C(F)(F)F)nc1. The van der Waals surface area contributed by atoms with E-state index in [4.69, 9.17) is 4.74 Å². The van der Waals surface area contributed by atoms with Crippen LogP contribution in [0.4, 0.5) is 18.9 Å². The first-order valence-electron chi connectivity index (χ1n) is 15.5. The monoisotopic (exact) mass is 720 g/mol. The van der Waals surface area contributed by atoms with Crippen LogP contribution in [-0.4, -0.2) is 66.0 Å². The number of rotatable bonds is 11. The molecule has 4 aromatic rings. The highest BCUT2D eigenvalue weighted by Crippen LogP contribution is 2.27. The summed E-state index contributed by atoms with van der Waals surface area (Å²) in [5.41, 5.74) is 2.98. The third-order valence-electron chi connectivity index (χ3n) is 8.09. The van der Waals surface area contributed by atoms with Gasteiger partial charge in [0.15, 0.2) is 0 Å². The molecule has 7 nitrogen and oxygen atoms in total. The third kappa shape index (κ3) is 9.54. The molecule has 5 rings (SSSR count). The molecule has 2 heterocycles. The molecule has 0 saturated carbocycles. The van der Waals surface area contributed by atoms with Crippen molar-refractivity contribution in [2.45, 2.75) is 31.7 Å². The number of halogens is 4. The highest BCUT2D eigenvalue weighted by atomic mass is 79.9. The first kappa shape index (κ1) is 34.8.